The lowest BCUT2D eigenvalue weighted by atomic mass is 9.93. The molecule has 0 aromatic carbocycles. The van der Waals surface area contributed by atoms with Crippen molar-refractivity contribution in [3.63, 3.8) is 0 Å². The summed E-state index contributed by atoms with van der Waals surface area (Å²) in [6, 6.07) is 0. The molecule has 0 aromatic rings. The van der Waals surface area contributed by atoms with Gasteiger partial charge in [0.1, 0.15) is 0 Å². The molecular weight excluding hydrogens is 260 g/mol. The fourth-order valence-electron chi connectivity index (χ4n) is 2.32. The van der Waals surface area contributed by atoms with Crippen molar-refractivity contribution >= 4 is 0 Å². The first-order valence-electron chi connectivity index (χ1n) is 6.98. The molecule has 0 spiro atoms. The molecule has 0 saturated carbocycles. The van der Waals surface area contributed by atoms with Gasteiger partial charge in [-0.2, -0.15) is 0 Å². The van der Waals surface area contributed by atoms with Gasteiger partial charge in [0.05, 0.1) is 36.6 Å². The van der Waals surface area contributed by atoms with Crippen LogP contribution in [0.5, 0.6) is 0 Å². The first-order valence-corrected chi connectivity index (χ1v) is 6.98. The SMILES string of the molecule is C#CC=CCC1OC(C(O)CC)CC(O)C(O)CC1O. The molecule has 6 atom stereocenters. The predicted molar refractivity (Wildman–Crippen MR) is 74.8 cm³/mol. The van der Waals surface area contributed by atoms with Gasteiger partial charge in [0.15, 0.2) is 0 Å². The lowest BCUT2D eigenvalue weighted by Crippen LogP contribution is -2.47. The highest BCUT2D eigenvalue weighted by atomic mass is 16.5. The quantitative estimate of drug-likeness (QED) is 0.544. The molecule has 5 heteroatoms. The van der Waals surface area contributed by atoms with Gasteiger partial charge in [0.2, 0.25) is 0 Å². The van der Waals surface area contributed by atoms with Gasteiger partial charge in [-0.05, 0) is 18.9 Å². The molecule has 1 fully saturated rings. The number of hydrogen-bond acceptors (Lipinski definition) is 5. The number of aliphatic hydroxyl groups is 4. The maximum Gasteiger partial charge on any atom is 0.0874 e. The van der Waals surface area contributed by atoms with Crippen molar-refractivity contribution in [3.05, 3.63) is 12.2 Å². The molecular formula is C15H24O5. The van der Waals surface area contributed by atoms with E-state index < -0.39 is 36.6 Å². The van der Waals surface area contributed by atoms with E-state index in [9.17, 15) is 20.4 Å². The van der Waals surface area contributed by atoms with E-state index in [1.807, 2.05) is 0 Å². The zero-order valence-electron chi connectivity index (χ0n) is 11.7. The molecule has 0 amide bonds. The fourth-order valence-corrected chi connectivity index (χ4v) is 2.32. The number of ether oxygens (including phenoxy) is 1. The maximum absolute atomic E-state index is 10.1. The van der Waals surface area contributed by atoms with Crippen LogP contribution in [0.1, 0.15) is 32.6 Å². The summed E-state index contributed by atoms with van der Waals surface area (Å²) in [6.07, 6.45) is 4.47. The monoisotopic (exact) mass is 284 g/mol. The Kier molecular flexibility index (Phi) is 7.20. The summed E-state index contributed by atoms with van der Waals surface area (Å²) in [7, 11) is 0. The summed E-state index contributed by atoms with van der Waals surface area (Å²) >= 11 is 0. The van der Waals surface area contributed by atoms with Gasteiger partial charge in [0, 0.05) is 12.8 Å². The van der Waals surface area contributed by atoms with Crippen molar-refractivity contribution in [3.8, 4) is 12.3 Å². The van der Waals surface area contributed by atoms with E-state index in [2.05, 4.69) is 5.92 Å². The summed E-state index contributed by atoms with van der Waals surface area (Å²) in [5.41, 5.74) is 0. The normalized spacial score (nSPS) is 37.1. The van der Waals surface area contributed by atoms with Gasteiger partial charge in [-0.1, -0.05) is 18.9 Å². The molecule has 114 valence electrons. The molecule has 1 heterocycles. The molecule has 1 saturated heterocycles. The Labute approximate surface area is 119 Å². The number of terminal acetylenes is 1. The average Bonchev–Trinajstić information content (AvgIpc) is 2.42. The van der Waals surface area contributed by atoms with E-state index in [1.165, 1.54) is 6.08 Å². The summed E-state index contributed by atoms with van der Waals surface area (Å²) in [6.45, 7) is 1.80. The minimum Gasteiger partial charge on any atom is -0.390 e. The summed E-state index contributed by atoms with van der Waals surface area (Å²) in [5.74, 6) is 2.35. The van der Waals surface area contributed by atoms with Crippen molar-refractivity contribution in [2.24, 2.45) is 0 Å². The smallest absolute Gasteiger partial charge is 0.0874 e. The fraction of sp³-hybridized carbons (Fsp3) is 0.733. The van der Waals surface area contributed by atoms with Crippen LogP contribution in [0.25, 0.3) is 0 Å². The Hall–Kier alpha value is -0.900. The second-order valence-corrected chi connectivity index (χ2v) is 5.17. The zero-order chi connectivity index (χ0) is 15.1. The largest absolute Gasteiger partial charge is 0.390 e. The Balaban J connectivity index is 2.81. The standard InChI is InChI=1S/C15H24O5/c1-3-5-6-7-14-13(19)8-11(17)12(18)9-15(20-14)10(16)4-2/h1,5-6,10-19H,4,7-9H2,2H3. The van der Waals surface area contributed by atoms with E-state index in [1.54, 1.807) is 13.0 Å². The Bertz CT molecular complexity index is 349. The van der Waals surface area contributed by atoms with E-state index in [4.69, 9.17) is 11.2 Å². The van der Waals surface area contributed by atoms with Crippen LogP contribution in [0.15, 0.2) is 12.2 Å². The molecule has 6 unspecified atom stereocenters. The Morgan fingerprint density at radius 2 is 1.90 bits per heavy atom. The van der Waals surface area contributed by atoms with Crippen LogP contribution < -0.4 is 0 Å². The third-order valence-electron chi connectivity index (χ3n) is 3.61. The maximum atomic E-state index is 10.1. The van der Waals surface area contributed by atoms with Crippen molar-refractivity contribution in [2.75, 3.05) is 0 Å². The first-order chi connectivity index (χ1) is 9.49. The second-order valence-electron chi connectivity index (χ2n) is 5.17. The molecule has 0 bridgehead atoms. The number of aliphatic hydroxyl groups excluding tert-OH is 4. The molecule has 20 heavy (non-hydrogen) atoms. The minimum absolute atomic E-state index is 0.0324. The van der Waals surface area contributed by atoms with Crippen molar-refractivity contribution < 1.29 is 25.2 Å². The molecule has 5 nitrogen and oxygen atoms in total. The molecule has 0 aliphatic carbocycles. The van der Waals surface area contributed by atoms with Crippen molar-refractivity contribution in [1.29, 1.82) is 0 Å². The van der Waals surface area contributed by atoms with Crippen LogP contribution in [0.4, 0.5) is 0 Å². The highest BCUT2D eigenvalue weighted by Gasteiger charge is 2.35. The Morgan fingerprint density at radius 1 is 1.25 bits per heavy atom. The Morgan fingerprint density at radius 3 is 2.50 bits per heavy atom. The summed E-state index contributed by atoms with van der Waals surface area (Å²) < 4.78 is 5.73. The van der Waals surface area contributed by atoms with Gasteiger partial charge in [0.25, 0.3) is 0 Å². The predicted octanol–water partition coefficient (Wildman–Crippen LogP) is -0.0329. The highest BCUT2D eigenvalue weighted by molar-refractivity contribution is 5.09. The lowest BCUT2D eigenvalue weighted by molar-refractivity contribution is -0.162. The van der Waals surface area contributed by atoms with Crippen LogP contribution in [0.3, 0.4) is 0 Å². The van der Waals surface area contributed by atoms with Crippen LogP contribution in [-0.2, 0) is 4.74 Å². The molecule has 1 rings (SSSR count). The third kappa shape index (κ3) is 4.89. The van der Waals surface area contributed by atoms with Gasteiger partial charge < -0.3 is 25.2 Å². The van der Waals surface area contributed by atoms with E-state index in [0.717, 1.165) is 0 Å². The molecule has 1 aliphatic heterocycles. The molecule has 1 aliphatic rings. The van der Waals surface area contributed by atoms with Crippen LogP contribution in [0, 0.1) is 12.3 Å². The van der Waals surface area contributed by atoms with Gasteiger partial charge >= 0.3 is 0 Å². The van der Waals surface area contributed by atoms with E-state index in [0.29, 0.717) is 12.8 Å². The second kappa shape index (κ2) is 8.40. The van der Waals surface area contributed by atoms with Crippen LogP contribution in [0.2, 0.25) is 0 Å². The average molecular weight is 284 g/mol. The third-order valence-corrected chi connectivity index (χ3v) is 3.61. The van der Waals surface area contributed by atoms with E-state index >= 15 is 0 Å². The highest BCUT2D eigenvalue weighted by Crippen LogP contribution is 2.24. The molecule has 0 aromatic heterocycles. The summed E-state index contributed by atoms with van der Waals surface area (Å²) in [5, 5.41) is 39.6. The van der Waals surface area contributed by atoms with Gasteiger partial charge in [-0.15, -0.1) is 6.42 Å². The number of rotatable bonds is 4. The molecule has 0 radical (unpaired) electrons. The number of hydrogen-bond donors (Lipinski definition) is 4. The van der Waals surface area contributed by atoms with Gasteiger partial charge in [-0.25, -0.2) is 0 Å². The van der Waals surface area contributed by atoms with E-state index in [-0.39, 0.29) is 12.8 Å². The van der Waals surface area contributed by atoms with Crippen molar-refractivity contribution in [2.45, 2.75) is 69.2 Å². The van der Waals surface area contributed by atoms with Gasteiger partial charge in [-0.3, -0.25) is 0 Å². The lowest BCUT2D eigenvalue weighted by Gasteiger charge is -2.36. The van der Waals surface area contributed by atoms with Crippen LogP contribution in [-0.4, -0.2) is 57.0 Å². The van der Waals surface area contributed by atoms with Crippen LogP contribution >= 0.6 is 0 Å². The number of allylic oxidation sites excluding steroid dienone is 1. The first kappa shape index (κ1) is 17.2. The van der Waals surface area contributed by atoms with Crippen molar-refractivity contribution in [1.82, 2.24) is 0 Å². The summed E-state index contributed by atoms with van der Waals surface area (Å²) in [4.78, 5) is 0. The minimum atomic E-state index is -1.03. The topological polar surface area (TPSA) is 90.2 Å². The zero-order valence-corrected chi connectivity index (χ0v) is 11.7. The molecule has 4 N–H and O–H groups in total.